The molecule has 0 amide bonds. The van der Waals surface area contributed by atoms with E-state index in [1.807, 2.05) is 29.8 Å². The summed E-state index contributed by atoms with van der Waals surface area (Å²) in [4.78, 5) is 4.21. The summed E-state index contributed by atoms with van der Waals surface area (Å²) >= 11 is 0. The van der Waals surface area contributed by atoms with Crippen molar-refractivity contribution in [2.24, 2.45) is 17.9 Å². The van der Waals surface area contributed by atoms with Gasteiger partial charge in [0.25, 0.3) is 0 Å². The van der Waals surface area contributed by atoms with E-state index in [2.05, 4.69) is 10.1 Å². The SMILES string of the molecule is Cn1cnc2ccc(C/C(N)=N/O)cc21. The molecule has 0 aliphatic carbocycles. The molecular formula is C10H12N4O. The van der Waals surface area contributed by atoms with Crippen molar-refractivity contribution in [2.75, 3.05) is 0 Å². The largest absolute Gasteiger partial charge is 0.409 e. The fourth-order valence-corrected chi connectivity index (χ4v) is 1.53. The van der Waals surface area contributed by atoms with E-state index in [1.54, 1.807) is 6.33 Å². The molecular weight excluding hydrogens is 192 g/mol. The summed E-state index contributed by atoms with van der Waals surface area (Å²) in [6.07, 6.45) is 2.20. The third-order valence-corrected chi connectivity index (χ3v) is 2.30. The maximum absolute atomic E-state index is 8.47. The van der Waals surface area contributed by atoms with Gasteiger partial charge in [-0.05, 0) is 17.7 Å². The van der Waals surface area contributed by atoms with Crippen LogP contribution < -0.4 is 5.73 Å². The average Bonchev–Trinajstić information content (AvgIpc) is 2.60. The van der Waals surface area contributed by atoms with E-state index < -0.39 is 0 Å². The van der Waals surface area contributed by atoms with Crippen LogP contribution >= 0.6 is 0 Å². The number of hydrogen-bond acceptors (Lipinski definition) is 3. The van der Waals surface area contributed by atoms with Crippen molar-refractivity contribution in [2.45, 2.75) is 6.42 Å². The number of benzene rings is 1. The van der Waals surface area contributed by atoms with Gasteiger partial charge in [-0.1, -0.05) is 11.2 Å². The van der Waals surface area contributed by atoms with Crippen LogP contribution in [-0.4, -0.2) is 20.6 Å². The molecule has 0 saturated carbocycles. The summed E-state index contributed by atoms with van der Waals surface area (Å²) in [6, 6.07) is 5.84. The Balaban J connectivity index is 2.41. The van der Waals surface area contributed by atoms with Gasteiger partial charge in [0.05, 0.1) is 17.4 Å². The number of fused-ring (bicyclic) bond motifs is 1. The van der Waals surface area contributed by atoms with Gasteiger partial charge in [0.1, 0.15) is 5.84 Å². The van der Waals surface area contributed by atoms with E-state index in [4.69, 9.17) is 10.9 Å². The summed E-state index contributed by atoms with van der Waals surface area (Å²) in [5, 5.41) is 11.4. The fourth-order valence-electron chi connectivity index (χ4n) is 1.53. The maximum Gasteiger partial charge on any atom is 0.143 e. The molecule has 0 aliphatic rings. The van der Waals surface area contributed by atoms with Gasteiger partial charge in [-0.25, -0.2) is 4.98 Å². The molecule has 0 unspecified atom stereocenters. The highest BCUT2D eigenvalue weighted by atomic mass is 16.4. The number of amidine groups is 1. The molecule has 5 nitrogen and oxygen atoms in total. The number of aryl methyl sites for hydroxylation is 1. The van der Waals surface area contributed by atoms with Crippen LogP contribution in [0.3, 0.4) is 0 Å². The van der Waals surface area contributed by atoms with E-state index in [1.165, 1.54) is 0 Å². The first-order valence-corrected chi connectivity index (χ1v) is 4.57. The standard InChI is InChI=1S/C10H12N4O/c1-14-6-12-8-3-2-7(4-9(8)14)5-10(11)13-15/h2-4,6,15H,5H2,1H3,(H2,11,13). The molecule has 1 aromatic carbocycles. The number of nitrogens with zero attached hydrogens (tertiary/aromatic N) is 3. The van der Waals surface area contributed by atoms with E-state index in [0.29, 0.717) is 6.42 Å². The first kappa shape index (κ1) is 9.51. The first-order valence-electron chi connectivity index (χ1n) is 4.57. The Morgan fingerprint density at radius 3 is 3.13 bits per heavy atom. The maximum atomic E-state index is 8.47. The molecule has 0 atom stereocenters. The number of hydrogen-bond donors (Lipinski definition) is 2. The Bertz CT molecular complexity index is 515. The smallest absolute Gasteiger partial charge is 0.143 e. The van der Waals surface area contributed by atoms with Gasteiger partial charge in [-0.15, -0.1) is 0 Å². The summed E-state index contributed by atoms with van der Waals surface area (Å²) in [7, 11) is 1.93. The van der Waals surface area contributed by atoms with Gasteiger partial charge in [-0.2, -0.15) is 0 Å². The Kier molecular flexibility index (Phi) is 2.29. The lowest BCUT2D eigenvalue weighted by Crippen LogP contribution is -2.14. The normalized spacial score (nSPS) is 12.2. The van der Waals surface area contributed by atoms with Crippen molar-refractivity contribution in [1.29, 1.82) is 0 Å². The molecule has 1 heterocycles. The van der Waals surface area contributed by atoms with Gasteiger partial charge in [0.15, 0.2) is 0 Å². The van der Waals surface area contributed by atoms with Gasteiger partial charge in [0, 0.05) is 13.5 Å². The molecule has 1 aromatic heterocycles. The Hall–Kier alpha value is -2.04. The van der Waals surface area contributed by atoms with Crippen molar-refractivity contribution < 1.29 is 5.21 Å². The van der Waals surface area contributed by atoms with Crippen LogP contribution in [0.15, 0.2) is 29.7 Å². The number of oxime groups is 1. The fraction of sp³-hybridized carbons (Fsp3) is 0.200. The lowest BCUT2D eigenvalue weighted by molar-refractivity contribution is 0.317. The highest BCUT2D eigenvalue weighted by Gasteiger charge is 2.02. The summed E-state index contributed by atoms with van der Waals surface area (Å²) in [5.74, 6) is 0.205. The third kappa shape index (κ3) is 1.76. The molecule has 2 rings (SSSR count). The molecule has 0 saturated heterocycles. The van der Waals surface area contributed by atoms with Crippen molar-refractivity contribution in [3.63, 3.8) is 0 Å². The Morgan fingerprint density at radius 2 is 2.40 bits per heavy atom. The molecule has 5 heteroatoms. The highest BCUT2D eigenvalue weighted by Crippen LogP contribution is 2.14. The third-order valence-electron chi connectivity index (χ3n) is 2.30. The van der Waals surface area contributed by atoms with Crippen LogP contribution in [0.1, 0.15) is 5.56 Å². The minimum Gasteiger partial charge on any atom is -0.409 e. The lowest BCUT2D eigenvalue weighted by atomic mass is 10.1. The minimum absolute atomic E-state index is 0.205. The second-order valence-corrected chi connectivity index (χ2v) is 3.45. The predicted molar refractivity (Wildman–Crippen MR) is 57.8 cm³/mol. The number of rotatable bonds is 2. The minimum atomic E-state index is 0.205. The molecule has 0 bridgehead atoms. The highest BCUT2D eigenvalue weighted by molar-refractivity contribution is 5.84. The van der Waals surface area contributed by atoms with Crippen molar-refractivity contribution in [3.8, 4) is 0 Å². The first-order chi connectivity index (χ1) is 7.20. The van der Waals surface area contributed by atoms with E-state index >= 15 is 0 Å². The monoisotopic (exact) mass is 204 g/mol. The number of imidazole rings is 1. The van der Waals surface area contributed by atoms with Gasteiger partial charge < -0.3 is 15.5 Å². The second kappa shape index (κ2) is 3.61. The molecule has 3 N–H and O–H groups in total. The van der Waals surface area contributed by atoms with Gasteiger partial charge >= 0.3 is 0 Å². The Morgan fingerprint density at radius 1 is 1.60 bits per heavy atom. The summed E-state index contributed by atoms with van der Waals surface area (Å²) in [6.45, 7) is 0. The Labute approximate surface area is 86.8 Å². The molecule has 0 radical (unpaired) electrons. The van der Waals surface area contributed by atoms with E-state index in [0.717, 1.165) is 16.6 Å². The lowest BCUT2D eigenvalue weighted by Gasteiger charge is -2.00. The summed E-state index contributed by atoms with van der Waals surface area (Å²) in [5.41, 5.74) is 8.43. The van der Waals surface area contributed by atoms with Crippen LogP contribution in [0.5, 0.6) is 0 Å². The van der Waals surface area contributed by atoms with Gasteiger partial charge in [0.2, 0.25) is 0 Å². The summed E-state index contributed by atoms with van der Waals surface area (Å²) < 4.78 is 1.94. The number of aromatic nitrogens is 2. The van der Waals surface area contributed by atoms with Crippen molar-refractivity contribution in [3.05, 3.63) is 30.1 Å². The van der Waals surface area contributed by atoms with Crippen LogP contribution in [0.2, 0.25) is 0 Å². The van der Waals surface area contributed by atoms with Crippen molar-refractivity contribution >= 4 is 16.9 Å². The van der Waals surface area contributed by atoms with Crippen LogP contribution in [-0.2, 0) is 13.5 Å². The van der Waals surface area contributed by atoms with Crippen LogP contribution in [0.25, 0.3) is 11.0 Å². The zero-order valence-electron chi connectivity index (χ0n) is 8.38. The topological polar surface area (TPSA) is 76.4 Å². The average molecular weight is 204 g/mol. The quantitative estimate of drug-likeness (QED) is 0.330. The second-order valence-electron chi connectivity index (χ2n) is 3.45. The van der Waals surface area contributed by atoms with Crippen LogP contribution in [0, 0.1) is 0 Å². The van der Waals surface area contributed by atoms with Gasteiger partial charge in [-0.3, -0.25) is 0 Å². The molecule has 0 fully saturated rings. The molecule has 78 valence electrons. The predicted octanol–water partition coefficient (Wildman–Crippen LogP) is 0.862. The zero-order valence-corrected chi connectivity index (χ0v) is 8.38. The molecule has 15 heavy (non-hydrogen) atoms. The van der Waals surface area contributed by atoms with Crippen LogP contribution in [0.4, 0.5) is 0 Å². The van der Waals surface area contributed by atoms with E-state index in [-0.39, 0.29) is 5.84 Å². The van der Waals surface area contributed by atoms with E-state index in [9.17, 15) is 0 Å². The molecule has 2 aromatic rings. The molecule has 0 aliphatic heterocycles. The molecule has 0 spiro atoms. The number of nitrogens with two attached hydrogens (primary N) is 1. The zero-order chi connectivity index (χ0) is 10.8. The van der Waals surface area contributed by atoms with Crippen molar-refractivity contribution in [1.82, 2.24) is 9.55 Å².